The van der Waals surface area contributed by atoms with Gasteiger partial charge in [0.1, 0.15) is 5.82 Å². The molecule has 1 fully saturated rings. The first-order valence-electron chi connectivity index (χ1n) is 7.57. The summed E-state index contributed by atoms with van der Waals surface area (Å²) in [6.07, 6.45) is 1.20. The summed E-state index contributed by atoms with van der Waals surface area (Å²) in [6.45, 7) is 10.2. The Labute approximate surface area is 121 Å². The number of rotatable bonds is 5. The average Bonchev–Trinajstić information content (AvgIpc) is 2.49. The first kappa shape index (κ1) is 15.4. The van der Waals surface area contributed by atoms with Crippen molar-refractivity contribution in [3.05, 3.63) is 35.1 Å². The molecule has 2 N–H and O–H groups in total. The van der Waals surface area contributed by atoms with Crippen molar-refractivity contribution in [2.24, 2.45) is 5.73 Å². The smallest absolute Gasteiger partial charge is 0.123 e. The van der Waals surface area contributed by atoms with Crippen LogP contribution in [0.2, 0.25) is 0 Å². The highest BCUT2D eigenvalue weighted by atomic mass is 19.1. The van der Waals surface area contributed by atoms with E-state index >= 15 is 0 Å². The molecule has 1 aliphatic rings. The molecule has 1 aliphatic heterocycles. The zero-order valence-corrected chi connectivity index (χ0v) is 12.6. The second-order valence-electron chi connectivity index (χ2n) is 5.69. The molecule has 0 spiro atoms. The van der Waals surface area contributed by atoms with E-state index in [0.717, 1.165) is 43.9 Å². The lowest BCUT2D eigenvalue weighted by atomic mass is 10.1. The molecule has 1 atom stereocenters. The monoisotopic (exact) mass is 279 g/mol. The van der Waals surface area contributed by atoms with Crippen LogP contribution in [-0.4, -0.2) is 42.0 Å². The van der Waals surface area contributed by atoms with Crippen LogP contribution in [0.3, 0.4) is 0 Å². The van der Waals surface area contributed by atoms with Gasteiger partial charge in [0.25, 0.3) is 0 Å². The van der Waals surface area contributed by atoms with Gasteiger partial charge in [-0.25, -0.2) is 4.39 Å². The molecule has 0 radical (unpaired) electrons. The van der Waals surface area contributed by atoms with E-state index < -0.39 is 0 Å². The van der Waals surface area contributed by atoms with Gasteiger partial charge in [-0.1, -0.05) is 13.0 Å². The van der Waals surface area contributed by atoms with Crippen molar-refractivity contribution in [2.75, 3.05) is 26.2 Å². The zero-order valence-electron chi connectivity index (χ0n) is 12.6. The first-order valence-corrected chi connectivity index (χ1v) is 7.57. The number of benzene rings is 1. The van der Waals surface area contributed by atoms with Crippen LogP contribution in [0.1, 0.15) is 31.4 Å². The maximum Gasteiger partial charge on any atom is 0.123 e. The summed E-state index contributed by atoms with van der Waals surface area (Å²) in [5, 5.41) is 0. The molecule has 2 rings (SSSR count). The molecule has 1 aromatic rings. The molecule has 1 heterocycles. The summed E-state index contributed by atoms with van der Waals surface area (Å²) in [5.41, 5.74) is 7.79. The lowest BCUT2D eigenvalue weighted by Gasteiger charge is -2.38. The third-order valence-electron chi connectivity index (χ3n) is 4.40. The minimum Gasteiger partial charge on any atom is -0.326 e. The molecule has 0 bridgehead atoms. The first-order chi connectivity index (χ1) is 9.63. The molecule has 0 saturated carbocycles. The van der Waals surface area contributed by atoms with Crippen LogP contribution in [0.4, 0.5) is 4.39 Å². The van der Waals surface area contributed by atoms with Crippen LogP contribution in [0.25, 0.3) is 0 Å². The fourth-order valence-electron chi connectivity index (χ4n) is 2.80. The van der Waals surface area contributed by atoms with Gasteiger partial charge in [0.05, 0.1) is 0 Å². The molecule has 0 amide bonds. The van der Waals surface area contributed by atoms with E-state index in [1.165, 1.54) is 12.5 Å². The Bertz CT molecular complexity index is 428. The topological polar surface area (TPSA) is 32.5 Å². The van der Waals surface area contributed by atoms with E-state index in [-0.39, 0.29) is 5.82 Å². The molecule has 4 heteroatoms. The molecule has 20 heavy (non-hydrogen) atoms. The van der Waals surface area contributed by atoms with Gasteiger partial charge in [0, 0.05) is 45.3 Å². The van der Waals surface area contributed by atoms with E-state index in [1.807, 2.05) is 6.07 Å². The second-order valence-corrected chi connectivity index (χ2v) is 5.69. The van der Waals surface area contributed by atoms with Gasteiger partial charge in [-0.15, -0.1) is 0 Å². The highest BCUT2D eigenvalue weighted by Crippen LogP contribution is 2.16. The summed E-state index contributed by atoms with van der Waals surface area (Å²) in [5.74, 6) is -0.198. The fraction of sp³-hybridized carbons (Fsp3) is 0.625. The quantitative estimate of drug-likeness (QED) is 0.897. The van der Waals surface area contributed by atoms with Crippen molar-refractivity contribution >= 4 is 0 Å². The Morgan fingerprint density at radius 2 is 1.90 bits per heavy atom. The maximum atomic E-state index is 13.2. The van der Waals surface area contributed by atoms with Crippen molar-refractivity contribution in [3.63, 3.8) is 0 Å². The summed E-state index contributed by atoms with van der Waals surface area (Å²) in [7, 11) is 0. The van der Waals surface area contributed by atoms with Gasteiger partial charge in [0.2, 0.25) is 0 Å². The second kappa shape index (κ2) is 7.16. The number of hydrogen-bond donors (Lipinski definition) is 1. The Morgan fingerprint density at radius 3 is 2.50 bits per heavy atom. The highest BCUT2D eigenvalue weighted by molar-refractivity contribution is 5.27. The summed E-state index contributed by atoms with van der Waals surface area (Å²) >= 11 is 0. The van der Waals surface area contributed by atoms with E-state index in [2.05, 4.69) is 23.6 Å². The van der Waals surface area contributed by atoms with Crippen LogP contribution in [-0.2, 0) is 13.1 Å². The largest absolute Gasteiger partial charge is 0.326 e. The van der Waals surface area contributed by atoms with Gasteiger partial charge >= 0.3 is 0 Å². The normalized spacial score (nSPS) is 19.2. The van der Waals surface area contributed by atoms with E-state index in [0.29, 0.717) is 12.6 Å². The Morgan fingerprint density at radius 1 is 1.20 bits per heavy atom. The minimum atomic E-state index is -0.198. The van der Waals surface area contributed by atoms with Crippen LogP contribution >= 0.6 is 0 Å². The Balaban J connectivity index is 1.92. The van der Waals surface area contributed by atoms with E-state index in [9.17, 15) is 4.39 Å². The molecule has 3 nitrogen and oxygen atoms in total. The summed E-state index contributed by atoms with van der Waals surface area (Å²) in [4.78, 5) is 4.98. The average molecular weight is 279 g/mol. The fourth-order valence-corrected chi connectivity index (χ4v) is 2.80. The van der Waals surface area contributed by atoms with Gasteiger partial charge in [-0.05, 0) is 36.6 Å². The molecule has 1 aromatic carbocycles. The molecule has 1 saturated heterocycles. The standard InChI is InChI=1S/C16H26FN3/c1-3-13(2)20-8-6-19(7-9-20)12-14-4-5-16(17)10-15(14)11-18/h4-5,10,13H,3,6-9,11-12,18H2,1-2H3. The van der Waals surface area contributed by atoms with Crippen molar-refractivity contribution in [2.45, 2.75) is 39.4 Å². The van der Waals surface area contributed by atoms with E-state index in [4.69, 9.17) is 5.73 Å². The molecule has 0 aliphatic carbocycles. The Kier molecular flexibility index (Phi) is 5.52. The lowest BCUT2D eigenvalue weighted by Crippen LogP contribution is -2.49. The third kappa shape index (κ3) is 3.78. The number of nitrogens with zero attached hydrogens (tertiary/aromatic N) is 2. The third-order valence-corrected chi connectivity index (χ3v) is 4.40. The van der Waals surface area contributed by atoms with Crippen LogP contribution in [0, 0.1) is 5.82 Å². The lowest BCUT2D eigenvalue weighted by molar-refractivity contribution is 0.0962. The van der Waals surface area contributed by atoms with Gasteiger partial charge < -0.3 is 5.73 Å². The molecule has 112 valence electrons. The number of nitrogens with two attached hydrogens (primary N) is 1. The molecule has 1 unspecified atom stereocenters. The SMILES string of the molecule is CCC(C)N1CCN(Cc2ccc(F)cc2CN)CC1. The van der Waals surface area contributed by atoms with Gasteiger partial charge in [-0.3, -0.25) is 9.80 Å². The molecule has 0 aromatic heterocycles. The summed E-state index contributed by atoms with van der Waals surface area (Å²) < 4.78 is 13.2. The van der Waals surface area contributed by atoms with E-state index in [1.54, 1.807) is 6.07 Å². The van der Waals surface area contributed by atoms with Crippen molar-refractivity contribution in [1.82, 2.24) is 9.80 Å². The number of piperazine rings is 1. The van der Waals surface area contributed by atoms with Crippen molar-refractivity contribution < 1.29 is 4.39 Å². The predicted octanol–water partition coefficient (Wildman–Crippen LogP) is 2.20. The van der Waals surface area contributed by atoms with Crippen LogP contribution in [0.5, 0.6) is 0 Å². The predicted molar refractivity (Wildman–Crippen MR) is 80.9 cm³/mol. The Hall–Kier alpha value is -0.970. The maximum absolute atomic E-state index is 13.2. The van der Waals surface area contributed by atoms with Crippen LogP contribution in [0.15, 0.2) is 18.2 Å². The molecular weight excluding hydrogens is 253 g/mol. The minimum absolute atomic E-state index is 0.198. The highest BCUT2D eigenvalue weighted by Gasteiger charge is 2.20. The summed E-state index contributed by atoms with van der Waals surface area (Å²) in [6, 6.07) is 5.63. The molecular formula is C16H26FN3. The van der Waals surface area contributed by atoms with Gasteiger partial charge in [-0.2, -0.15) is 0 Å². The van der Waals surface area contributed by atoms with Gasteiger partial charge in [0.15, 0.2) is 0 Å². The van der Waals surface area contributed by atoms with Crippen LogP contribution < -0.4 is 5.73 Å². The van der Waals surface area contributed by atoms with Crippen molar-refractivity contribution in [3.8, 4) is 0 Å². The number of halogens is 1. The van der Waals surface area contributed by atoms with Crippen molar-refractivity contribution in [1.29, 1.82) is 0 Å². The number of hydrogen-bond acceptors (Lipinski definition) is 3. The zero-order chi connectivity index (χ0) is 14.5.